The van der Waals surface area contributed by atoms with Gasteiger partial charge in [0.25, 0.3) is 0 Å². The Kier molecular flexibility index (Phi) is 10.6. The maximum absolute atomic E-state index is 4.58. The Morgan fingerprint density at radius 2 is 1.21 bits per heavy atom. The summed E-state index contributed by atoms with van der Waals surface area (Å²) in [6.45, 7) is 20.8. The molecule has 1 aromatic carbocycles. The molecule has 2 heteroatoms. The van der Waals surface area contributed by atoms with E-state index in [9.17, 15) is 0 Å². The van der Waals surface area contributed by atoms with Crippen molar-refractivity contribution in [2.24, 2.45) is 0 Å². The van der Waals surface area contributed by atoms with Crippen molar-refractivity contribution in [3.05, 3.63) is 99.4 Å². The van der Waals surface area contributed by atoms with Gasteiger partial charge in [-0.25, -0.2) is 0 Å². The number of hydrogen-bond donors (Lipinski definition) is 0. The van der Waals surface area contributed by atoms with Crippen LogP contribution in [0.25, 0.3) is 10.9 Å². The van der Waals surface area contributed by atoms with E-state index in [1.807, 2.05) is 12.3 Å². The number of aromatic nitrogens is 1. The molecule has 1 aliphatic carbocycles. The first-order valence-electron chi connectivity index (χ1n) is 7.68. The number of nitrogens with zero attached hydrogens (tertiary/aromatic N) is 1. The minimum absolute atomic E-state index is 0. The van der Waals surface area contributed by atoms with Crippen LogP contribution in [0, 0.1) is 57.3 Å². The van der Waals surface area contributed by atoms with Gasteiger partial charge in [-0.15, -0.1) is 0 Å². The van der Waals surface area contributed by atoms with Crippen LogP contribution in [0.4, 0.5) is 0 Å². The average molecular weight is 407 g/mol. The smallest absolute Gasteiger partial charge is 0.0740 e. The minimum Gasteiger partial charge on any atom is -0.256 e. The number of fused-ring (bicyclic) bond motifs is 1. The quantitative estimate of drug-likeness (QED) is 0.540. The molecule has 2 aromatic rings. The van der Waals surface area contributed by atoms with Gasteiger partial charge >= 0.3 is 0 Å². The van der Waals surface area contributed by atoms with Crippen molar-refractivity contribution in [2.45, 2.75) is 27.7 Å². The second-order valence-electron chi connectivity index (χ2n) is 5.26. The van der Waals surface area contributed by atoms with E-state index < -0.39 is 0 Å². The van der Waals surface area contributed by atoms with Crippen LogP contribution in [0.15, 0.2) is 36.5 Å². The first-order chi connectivity index (χ1) is 11.1. The van der Waals surface area contributed by atoms with Crippen LogP contribution in [-0.2, 0) is 19.5 Å². The molecule has 3 rings (SSSR count). The van der Waals surface area contributed by atoms with Crippen LogP contribution in [0.3, 0.4) is 0 Å². The van der Waals surface area contributed by atoms with Gasteiger partial charge in [0, 0.05) is 37.0 Å². The molecule has 0 unspecified atom stereocenters. The molecule has 1 nitrogen and oxygen atoms in total. The molecule has 1 fully saturated rings. The summed E-state index contributed by atoms with van der Waals surface area (Å²) in [5.74, 6) is 6.93. The zero-order valence-corrected chi connectivity index (χ0v) is 16.7. The molecule has 0 saturated heterocycles. The van der Waals surface area contributed by atoms with Crippen molar-refractivity contribution < 1.29 is 19.5 Å². The van der Waals surface area contributed by atoms with Gasteiger partial charge in [-0.3, -0.25) is 4.98 Å². The fourth-order valence-corrected chi connectivity index (χ4v) is 2.93. The van der Waals surface area contributed by atoms with Crippen molar-refractivity contribution in [2.75, 3.05) is 0 Å². The average Bonchev–Trinajstić information content (AvgIpc) is 2.81. The Hall–Kier alpha value is -0.747. The summed E-state index contributed by atoms with van der Waals surface area (Å²) < 4.78 is 0. The van der Waals surface area contributed by atoms with Crippen LogP contribution >= 0.6 is 0 Å². The minimum atomic E-state index is 0. The first kappa shape index (κ1) is 23.3. The largest absolute Gasteiger partial charge is 0.256 e. The molecule has 10 radical (unpaired) electrons. The Balaban J connectivity index is 0.000000987. The number of rotatable bonds is 1. The second kappa shape index (κ2) is 11.0. The van der Waals surface area contributed by atoms with Crippen molar-refractivity contribution >= 4 is 10.9 Å². The van der Waals surface area contributed by atoms with E-state index in [4.69, 9.17) is 0 Å². The van der Waals surface area contributed by atoms with Crippen molar-refractivity contribution in [3.63, 3.8) is 0 Å². The van der Waals surface area contributed by atoms with Gasteiger partial charge < -0.3 is 0 Å². The van der Waals surface area contributed by atoms with Crippen LogP contribution in [-0.4, -0.2) is 4.98 Å². The predicted molar refractivity (Wildman–Crippen MR) is 101 cm³/mol. The van der Waals surface area contributed by atoms with Gasteiger partial charge in [0.05, 0.1) is 5.52 Å². The van der Waals surface area contributed by atoms with Crippen molar-refractivity contribution in [1.82, 2.24) is 4.98 Å². The SMILES string of the molecule is C[C]1[C](C)[C](C)[C](c2cccc3cccnc23)[C]1C.[CH2][CH2].[CH2][CH2].[Rh]. The standard InChI is InChI=1S/C18H18N.2C2H4.Rh/c1-11-12(2)14(4)17(13(11)3)16-9-5-7-15-8-6-10-19-18(15)16;2*1-2;/h5-10H,1-4H3;2*1-2H2;. The summed E-state index contributed by atoms with van der Waals surface area (Å²) >= 11 is 0. The van der Waals surface area contributed by atoms with Gasteiger partial charge in [0.15, 0.2) is 0 Å². The second-order valence-corrected chi connectivity index (χ2v) is 5.26. The molecule has 0 amide bonds. The van der Waals surface area contributed by atoms with Crippen LogP contribution < -0.4 is 0 Å². The molecule has 0 spiro atoms. The van der Waals surface area contributed by atoms with Crippen LogP contribution in [0.1, 0.15) is 33.3 Å². The van der Waals surface area contributed by atoms with E-state index >= 15 is 0 Å². The number of benzene rings is 1. The number of pyridine rings is 1. The third kappa shape index (κ3) is 4.45. The molecule has 0 atom stereocenters. The summed E-state index contributed by atoms with van der Waals surface area (Å²) in [7, 11) is 0. The molecular formula is C22H26NRh. The molecule has 24 heavy (non-hydrogen) atoms. The zero-order valence-electron chi connectivity index (χ0n) is 15.1. The Morgan fingerprint density at radius 1 is 0.708 bits per heavy atom. The molecule has 0 bridgehead atoms. The van der Waals surface area contributed by atoms with E-state index in [0.29, 0.717) is 0 Å². The molecule has 1 aromatic heterocycles. The maximum atomic E-state index is 4.58. The van der Waals surface area contributed by atoms with E-state index in [-0.39, 0.29) is 19.5 Å². The maximum Gasteiger partial charge on any atom is 0.0740 e. The topological polar surface area (TPSA) is 12.9 Å². The summed E-state index contributed by atoms with van der Waals surface area (Å²) in [6, 6.07) is 10.5. The van der Waals surface area contributed by atoms with Crippen LogP contribution in [0.2, 0.25) is 0 Å². The Morgan fingerprint density at radius 3 is 1.75 bits per heavy atom. The molecule has 1 heterocycles. The van der Waals surface area contributed by atoms with Gasteiger partial charge in [-0.2, -0.15) is 0 Å². The zero-order chi connectivity index (χ0) is 17.6. The first-order valence-corrected chi connectivity index (χ1v) is 7.68. The fraction of sp³-hybridized carbons (Fsp3) is 0.182. The molecule has 128 valence electrons. The normalized spacial score (nSPS) is 16.8. The van der Waals surface area contributed by atoms with Crippen molar-refractivity contribution in [1.29, 1.82) is 0 Å². The Labute approximate surface area is 162 Å². The summed E-state index contributed by atoms with van der Waals surface area (Å²) in [5.41, 5.74) is 2.35. The number of hydrogen-bond acceptors (Lipinski definition) is 1. The predicted octanol–water partition coefficient (Wildman–Crippen LogP) is 5.86. The molecule has 1 aliphatic rings. The molecule has 0 aliphatic heterocycles. The van der Waals surface area contributed by atoms with Gasteiger partial charge in [-0.1, -0.05) is 79.7 Å². The van der Waals surface area contributed by atoms with Gasteiger partial charge in [0.1, 0.15) is 0 Å². The Bertz CT molecular complexity index is 576. The monoisotopic (exact) mass is 407 g/mol. The van der Waals surface area contributed by atoms with E-state index in [2.05, 4.69) is 84.6 Å². The number of para-hydroxylation sites is 1. The summed E-state index contributed by atoms with van der Waals surface area (Å²) in [5, 5.41) is 1.20. The summed E-state index contributed by atoms with van der Waals surface area (Å²) in [4.78, 5) is 4.58. The van der Waals surface area contributed by atoms with E-state index in [1.165, 1.54) is 40.5 Å². The summed E-state index contributed by atoms with van der Waals surface area (Å²) in [6.07, 6.45) is 1.87. The third-order valence-electron chi connectivity index (χ3n) is 4.34. The molecule has 0 N–H and O–H groups in total. The molecule has 1 saturated carbocycles. The van der Waals surface area contributed by atoms with Crippen molar-refractivity contribution in [3.8, 4) is 0 Å². The third-order valence-corrected chi connectivity index (χ3v) is 4.34. The molecular weight excluding hydrogens is 381 g/mol. The fourth-order valence-electron chi connectivity index (χ4n) is 2.93. The van der Waals surface area contributed by atoms with Gasteiger partial charge in [-0.05, 0) is 35.3 Å². The van der Waals surface area contributed by atoms with E-state index in [0.717, 1.165) is 5.52 Å². The van der Waals surface area contributed by atoms with Crippen LogP contribution in [0.5, 0.6) is 0 Å². The van der Waals surface area contributed by atoms with Gasteiger partial charge in [0.2, 0.25) is 0 Å². The van der Waals surface area contributed by atoms with E-state index in [1.54, 1.807) is 0 Å².